The predicted molar refractivity (Wildman–Crippen MR) is 74.2 cm³/mol. The lowest BCUT2D eigenvalue weighted by Gasteiger charge is -2.27. The molecule has 1 heterocycles. The second-order valence-electron chi connectivity index (χ2n) is 4.73. The third kappa shape index (κ3) is 2.68. The topological polar surface area (TPSA) is 70.1 Å². The number of likely N-dealkylation sites (tertiary alicyclic amines) is 1. The largest absolute Gasteiger partial charge is 0.497 e. The number of rotatable bonds is 3. The van der Waals surface area contributed by atoms with E-state index in [9.17, 15) is 9.59 Å². The Morgan fingerprint density at radius 1 is 1.45 bits per heavy atom. The lowest BCUT2D eigenvalue weighted by molar-refractivity contribution is -0.141. The molecule has 6 nitrogen and oxygen atoms in total. The first-order chi connectivity index (χ1) is 9.54. The van der Waals surface area contributed by atoms with Gasteiger partial charge in [0.2, 0.25) is 0 Å². The van der Waals surface area contributed by atoms with Gasteiger partial charge < -0.3 is 14.7 Å². The van der Waals surface area contributed by atoms with Gasteiger partial charge in [-0.25, -0.2) is 9.59 Å². The normalized spacial score (nSPS) is 17.9. The summed E-state index contributed by atoms with van der Waals surface area (Å²) in [4.78, 5) is 26.4. The number of amides is 2. The molecule has 6 heteroatoms. The number of urea groups is 1. The van der Waals surface area contributed by atoms with Gasteiger partial charge in [-0.2, -0.15) is 0 Å². The van der Waals surface area contributed by atoms with Crippen molar-refractivity contribution in [3.05, 3.63) is 24.3 Å². The quantitative estimate of drug-likeness (QED) is 0.915. The Kier molecular flexibility index (Phi) is 4.12. The zero-order valence-electron chi connectivity index (χ0n) is 11.6. The molecule has 2 rings (SSSR count). The van der Waals surface area contributed by atoms with Crippen molar-refractivity contribution in [1.29, 1.82) is 0 Å². The number of carboxylic acids is 1. The number of carboxylic acid groups (broad SMARTS) is 1. The molecular weight excluding hydrogens is 260 g/mol. The molecule has 0 aliphatic carbocycles. The zero-order chi connectivity index (χ0) is 14.7. The second-order valence-corrected chi connectivity index (χ2v) is 4.73. The molecule has 0 aromatic heterocycles. The van der Waals surface area contributed by atoms with Gasteiger partial charge >= 0.3 is 12.0 Å². The van der Waals surface area contributed by atoms with Crippen LogP contribution in [0.2, 0.25) is 0 Å². The summed E-state index contributed by atoms with van der Waals surface area (Å²) in [7, 11) is 3.19. The maximum absolute atomic E-state index is 12.4. The van der Waals surface area contributed by atoms with Crippen molar-refractivity contribution < 1.29 is 19.4 Å². The summed E-state index contributed by atoms with van der Waals surface area (Å²) in [5, 5.41) is 9.13. The van der Waals surface area contributed by atoms with Crippen LogP contribution in [-0.4, -0.2) is 48.8 Å². The minimum atomic E-state index is -0.949. The van der Waals surface area contributed by atoms with E-state index in [4.69, 9.17) is 9.84 Å². The van der Waals surface area contributed by atoms with Crippen molar-refractivity contribution in [3.63, 3.8) is 0 Å². The first-order valence-corrected chi connectivity index (χ1v) is 6.45. The number of ether oxygens (including phenoxy) is 1. The van der Waals surface area contributed by atoms with Crippen molar-refractivity contribution in [1.82, 2.24) is 4.90 Å². The van der Waals surface area contributed by atoms with E-state index in [0.717, 1.165) is 0 Å². The van der Waals surface area contributed by atoms with E-state index in [1.165, 1.54) is 9.80 Å². The van der Waals surface area contributed by atoms with E-state index in [1.54, 1.807) is 38.4 Å². The lowest BCUT2D eigenvalue weighted by atomic mass is 10.2. The van der Waals surface area contributed by atoms with Gasteiger partial charge in [-0.1, -0.05) is 6.07 Å². The minimum Gasteiger partial charge on any atom is -0.497 e. The molecule has 0 bridgehead atoms. The van der Waals surface area contributed by atoms with Crippen LogP contribution in [0.4, 0.5) is 10.5 Å². The van der Waals surface area contributed by atoms with E-state index < -0.39 is 12.0 Å². The number of anilines is 1. The molecule has 108 valence electrons. The van der Waals surface area contributed by atoms with Crippen molar-refractivity contribution in [2.45, 2.75) is 18.9 Å². The first kappa shape index (κ1) is 14.2. The Hall–Kier alpha value is -2.24. The van der Waals surface area contributed by atoms with Gasteiger partial charge in [0.15, 0.2) is 0 Å². The second kappa shape index (κ2) is 5.81. The smallest absolute Gasteiger partial charge is 0.326 e. The fourth-order valence-corrected chi connectivity index (χ4v) is 2.37. The number of benzene rings is 1. The summed E-state index contributed by atoms with van der Waals surface area (Å²) >= 11 is 0. The highest BCUT2D eigenvalue weighted by Gasteiger charge is 2.35. The third-order valence-corrected chi connectivity index (χ3v) is 3.51. The standard InChI is InChI=1S/C14H18N2O4/c1-15(10-5-3-6-11(9-10)20-2)14(19)16-8-4-7-12(16)13(17)18/h3,5-6,9,12H,4,7-8H2,1-2H3,(H,17,18). The summed E-state index contributed by atoms with van der Waals surface area (Å²) in [6, 6.07) is 6.07. The number of methoxy groups -OCH3 is 1. The van der Waals surface area contributed by atoms with Crippen LogP contribution in [0.15, 0.2) is 24.3 Å². The average Bonchev–Trinajstić information content (AvgIpc) is 2.95. The van der Waals surface area contributed by atoms with Crippen molar-refractivity contribution in [2.24, 2.45) is 0 Å². The number of nitrogens with zero attached hydrogens (tertiary/aromatic N) is 2. The lowest BCUT2D eigenvalue weighted by Crippen LogP contribution is -2.46. The highest BCUT2D eigenvalue weighted by atomic mass is 16.5. The molecule has 1 N–H and O–H groups in total. The average molecular weight is 278 g/mol. The molecule has 2 amide bonds. The number of carbonyl (C=O) groups excluding carboxylic acids is 1. The van der Waals surface area contributed by atoms with Crippen molar-refractivity contribution >= 4 is 17.7 Å². The number of hydrogen-bond acceptors (Lipinski definition) is 3. The van der Waals surface area contributed by atoms with E-state index in [1.807, 2.05) is 0 Å². The molecule has 1 fully saturated rings. The fraction of sp³-hybridized carbons (Fsp3) is 0.429. The van der Waals surface area contributed by atoms with Gasteiger partial charge in [0, 0.05) is 25.3 Å². The van der Waals surface area contributed by atoms with Crippen LogP contribution in [-0.2, 0) is 4.79 Å². The van der Waals surface area contributed by atoms with Crippen LogP contribution in [0, 0.1) is 0 Å². The molecule has 1 aliphatic rings. The molecule has 1 saturated heterocycles. The van der Waals surface area contributed by atoms with Crippen molar-refractivity contribution in [3.8, 4) is 5.75 Å². The molecule has 1 aromatic carbocycles. The van der Waals surface area contributed by atoms with Crippen LogP contribution < -0.4 is 9.64 Å². The maximum Gasteiger partial charge on any atom is 0.326 e. The molecule has 0 spiro atoms. The van der Waals surface area contributed by atoms with Crippen LogP contribution in [0.25, 0.3) is 0 Å². The molecule has 1 aliphatic heterocycles. The van der Waals surface area contributed by atoms with Gasteiger partial charge in [-0.15, -0.1) is 0 Å². The fourth-order valence-electron chi connectivity index (χ4n) is 2.37. The molecular formula is C14H18N2O4. The Morgan fingerprint density at radius 2 is 2.20 bits per heavy atom. The van der Waals surface area contributed by atoms with Crippen LogP contribution >= 0.6 is 0 Å². The Labute approximate surface area is 117 Å². The molecule has 1 aromatic rings. The summed E-state index contributed by atoms with van der Waals surface area (Å²) in [5.74, 6) is -0.298. The van der Waals surface area contributed by atoms with E-state index in [0.29, 0.717) is 30.8 Å². The number of hydrogen-bond donors (Lipinski definition) is 1. The SMILES string of the molecule is COc1cccc(N(C)C(=O)N2CCCC2C(=O)O)c1. The maximum atomic E-state index is 12.4. The highest BCUT2D eigenvalue weighted by molar-refractivity contribution is 5.94. The van der Waals surface area contributed by atoms with E-state index in [-0.39, 0.29) is 6.03 Å². The Balaban J connectivity index is 2.17. The van der Waals surface area contributed by atoms with Gasteiger partial charge in [-0.3, -0.25) is 4.90 Å². The number of aliphatic carboxylic acids is 1. The summed E-state index contributed by atoms with van der Waals surface area (Å²) < 4.78 is 5.12. The first-order valence-electron chi connectivity index (χ1n) is 6.45. The summed E-state index contributed by atoms with van der Waals surface area (Å²) in [6.45, 7) is 0.476. The molecule has 0 radical (unpaired) electrons. The Bertz CT molecular complexity index is 518. The highest BCUT2D eigenvalue weighted by Crippen LogP contribution is 2.24. The Morgan fingerprint density at radius 3 is 2.85 bits per heavy atom. The van der Waals surface area contributed by atoms with Crippen LogP contribution in [0.3, 0.4) is 0 Å². The van der Waals surface area contributed by atoms with Gasteiger partial charge in [-0.05, 0) is 25.0 Å². The summed E-state index contributed by atoms with van der Waals surface area (Å²) in [5.41, 5.74) is 0.672. The van der Waals surface area contributed by atoms with Gasteiger partial charge in [0.05, 0.1) is 7.11 Å². The van der Waals surface area contributed by atoms with Gasteiger partial charge in [0.1, 0.15) is 11.8 Å². The molecule has 20 heavy (non-hydrogen) atoms. The number of carbonyl (C=O) groups is 2. The molecule has 0 saturated carbocycles. The molecule has 1 unspecified atom stereocenters. The van der Waals surface area contributed by atoms with Crippen LogP contribution in [0.5, 0.6) is 5.75 Å². The minimum absolute atomic E-state index is 0.303. The van der Waals surface area contributed by atoms with Crippen molar-refractivity contribution in [2.75, 3.05) is 25.6 Å². The zero-order valence-corrected chi connectivity index (χ0v) is 11.6. The molecule has 1 atom stereocenters. The monoisotopic (exact) mass is 278 g/mol. The van der Waals surface area contributed by atoms with E-state index in [2.05, 4.69) is 0 Å². The third-order valence-electron chi connectivity index (χ3n) is 3.51. The summed E-state index contributed by atoms with van der Waals surface area (Å²) in [6.07, 6.45) is 1.22. The predicted octanol–water partition coefficient (Wildman–Crippen LogP) is 1.80. The van der Waals surface area contributed by atoms with Crippen LogP contribution in [0.1, 0.15) is 12.8 Å². The van der Waals surface area contributed by atoms with E-state index >= 15 is 0 Å². The van der Waals surface area contributed by atoms with Gasteiger partial charge in [0.25, 0.3) is 0 Å².